The number of thioether (sulfide) groups is 1. The summed E-state index contributed by atoms with van der Waals surface area (Å²) in [6.07, 6.45) is 3.28. The highest BCUT2D eigenvalue weighted by Crippen LogP contribution is 2.25. The summed E-state index contributed by atoms with van der Waals surface area (Å²) in [5, 5.41) is 21.8. The SMILES string of the molecule is COc1cc(C=Nn2c(SC)nnc(C)c2=O)ccc1O. The van der Waals surface area contributed by atoms with Gasteiger partial charge in [-0.15, -0.1) is 10.2 Å². The number of phenols is 1. The Kier molecular flexibility index (Phi) is 4.59. The second-order valence-electron chi connectivity index (χ2n) is 4.06. The van der Waals surface area contributed by atoms with Gasteiger partial charge in [-0.05, 0) is 36.9 Å². The molecule has 8 heteroatoms. The molecule has 1 aromatic carbocycles. The van der Waals surface area contributed by atoms with E-state index in [0.29, 0.717) is 16.5 Å². The number of ether oxygens (including phenoxy) is 1. The highest BCUT2D eigenvalue weighted by atomic mass is 32.2. The zero-order valence-electron chi connectivity index (χ0n) is 11.8. The third kappa shape index (κ3) is 3.22. The van der Waals surface area contributed by atoms with Crippen LogP contribution in [0, 0.1) is 6.92 Å². The van der Waals surface area contributed by atoms with Crippen LogP contribution in [0.3, 0.4) is 0 Å². The molecule has 0 saturated heterocycles. The second kappa shape index (κ2) is 6.40. The topological polar surface area (TPSA) is 89.6 Å². The van der Waals surface area contributed by atoms with Gasteiger partial charge in [0.05, 0.1) is 13.3 Å². The number of nitrogens with zero attached hydrogens (tertiary/aromatic N) is 4. The molecule has 1 heterocycles. The van der Waals surface area contributed by atoms with Gasteiger partial charge in [0.1, 0.15) is 5.69 Å². The van der Waals surface area contributed by atoms with Gasteiger partial charge in [0.25, 0.3) is 5.56 Å². The first-order valence-corrected chi connectivity index (χ1v) is 7.21. The molecule has 0 radical (unpaired) electrons. The first-order valence-electron chi connectivity index (χ1n) is 5.98. The standard InChI is InChI=1S/C13H14N4O3S/c1-8-12(19)17(13(21-3)16-15-8)14-7-9-4-5-10(18)11(6-9)20-2/h4-7,18H,1-3H3. The van der Waals surface area contributed by atoms with Gasteiger partial charge in [-0.1, -0.05) is 11.8 Å². The van der Waals surface area contributed by atoms with Crippen LogP contribution in [0.25, 0.3) is 0 Å². The number of hydrogen-bond donors (Lipinski definition) is 1. The molecule has 2 aromatic rings. The number of phenolic OH excluding ortho intramolecular Hbond substituents is 1. The highest BCUT2D eigenvalue weighted by Gasteiger charge is 2.07. The van der Waals surface area contributed by atoms with Gasteiger partial charge >= 0.3 is 0 Å². The summed E-state index contributed by atoms with van der Waals surface area (Å²) >= 11 is 1.27. The Morgan fingerprint density at radius 1 is 1.43 bits per heavy atom. The molecule has 21 heavy (non-hydrogen) atoms. The molecule has 0 aliphatic heterocycles. The summed E-state index contributed by atoms with van der Waals surface area (Å²) in [5.74, 6) is 0.374. The van der Waals surface area contributed by atoms with Crippen molar-refractivity contribution in [2.45, 2.75) is 12.1 Å². The molecule has 0 bridgehead atoms. The average molecular weight is 306 g/mol. The van der Waals surface area contributed by atoms with Crippen molar-refractivity contribution in [3.05, 3.63) is 39.8 Å². The molecule has 0 atom stereocenters. The van der Waals surface area contributed by atoms with Crippen LogP contribution >= 0.6 is 11.8 Å². The Bertz CT molecular complexity index is 743. The van der Waals surface area contributed by atoms with E-state index in [9.17, 15) is 9.90 Å². The van der Waals surface area contributed by atoms with Crippen LogP contribution in [0.15, 0.2) is 33.3 Å². The minimum atomic E-state index is -0.323. The third-order valence-corrected chi connectivity index (χ3v) is 3.30. The van der Waals surface area contributed by atoms with Gasteiger partial charge in [-0.3, -0.25) is 4.79 Å². The minimum Gasteiger partial charge on any atom is -0.504 e. The van der Waals surface area contributed by atoms with E-state index in [-0.39, 0.29) is 17.0 Å². The van der Waals surface area contributed by atoms with Crippen LogP contribution in [0.4, 0.5) is 0 Å². The maximum atomic E-state index is 12.0. The van der Waals surface area contributed by atoms with Crippen molar-refractivity contribution in [3.8, 4) is 11.5 Å². The van der Waals surface area contributed by atoms with Crippen molar-refractivity contribution in [2.75, 3.05) is 13.4 Å². The quantitative estimate of drug-likeness (QED) is 0.676. The monoisotopic (exact) mass is 306 g/mol. The number of methoxy groups -OCH3 is 1. The fraction of sp³-hybridized carbons (Fsp3) is 0.231. The Morgan fingerprint density at radius 3 is 2.86 bits per heavy atom. The third-order valence-electron chi connectivity index (χ3n) is 2.68. The first kappa shape index (κ1) is 15.0. The summed E-state index contributed by atoms with van der Waals surface area (Å²) in [4.78, 5) is 12.0. The summed E-state index contributed by atoms with van der Waals surface area (Å²) in [5.41, 5.74) is 0.627. The number of aryl methyl sites for hydroxylation is 1. The zero-order valence-corrected chi connectivity index (χ0v) is 12.6. The van der Waals surface area contributed by atoms with Gasteiger partial charge in [-0.25, -0.2) is 0 Å². The first-order chi connectivity index (χ1) is 10.1. The van der Waals surface area contributed by atoms with Crippen molar-refractivity contribution >= 4 is 18.0 Å². The Hall–Kier alpha value is -2.35. The van der Waals surface area contributed by atoms with Gasteiger partial charge in [-0.2, -0.15) is 9.78 Å². The Labute approximate surface area is 125 Å². The zero-order chi connectivity index (χ0) is 15.4. The lowest BCUT2D eigenvalue weighted by Gasteiger charge is -2.05. The molecule has 2 rings (SSSR count). The van der Waals surface area contributed by atoms with Crippen molar-refractivity contribution in [2.24, 2.45) is 5.10 Å². The minimum absolute atomic E-state index is 0.0399. The van der Waals surface area contributed by atoms with E-state index in [4.69, 9.17) is 4.74 Å². The molecule has 0 unspecified atom stereocenters. The summed E-state index contributed by atoms with van der Waals surface area (Å²) in [6.45, 7) is 1.58. The number of benzene rings is 1. The summed E-state index contributed by atoms with van der Waals surface area (Å²) in [7, 11) is 1.46. The predicted molar refractivity (Wildman–Crippen MR) is 80.5 cm³/mol. The highest BCUT2D eigenvalue weighted by molar-refractivity contribution is 7.98. The predicted octanol–water partition coefficient (Wildman–Crippen LogP) is 1.27. The van der Waals surface area contributed by atoms with E-state index in [0.717, 1.165) is 0 Å². The smallest absolute Gasteiger partial charge is 0.296 e. The molecule has 1 N–H and O–H groups in total. The lowest BCUT2D eigenvalue weighted by atomic mass is 10.2. The summed E-state index contributed by atoms with van der Waals surface area (Å²) in [6, 6.07) is 4.77. The van der Waals surface area contributed by atoms with E-state index in [1.807, 2.05) is 0 Å². The number of aromatic nitrogens is 3. The summed E-state index contributed by atoms with van der Waals surface area (Å²) < 4.78 is 6.21. The van der Waals surface area contributed by atoms with Gasteiger partial charge in [0.2, 0.25) is 5.16 Å². The number of rotatable bonds is 4. The van der Waals surface area contributed by atoms with Gasteiger partial charge < -0.3 is 9.84 Å². The lowest BCUT2D eigenvalue weighted by Crippen LogP contribution is -2.23. The van der Waals surface area contributed by atoms with Crippen LogP contribution in [-0.4, -0.2) is 39.6 Å². The molecule has 0 fully saturated rings. The number of aromatic hydroxyl groups is 1. The van der Waals surface area contributed by atoms with E-state index in [2.05, 4.69) is 15.3 Å². The van der Waals surface area contributed by atoms with E-state index in [1.165, 1.54) is 35.8 Å². The maximum absolute atomic E-state index is 12.0. The second-order valence-corrected chi connectivity index (χ2v) is 4.84. The van der Waals surface area contributed by atoms with Gasteiger partial charge in [0, 0.05) is 0 Å². The molecular weight excluding hydrogens is 292 g/mol. The van der Waals surface area contributed by atoms with Gasteiger partial charge in [0.15, 0.2) is 11.5 Å². The molecule has 0 aliphatic carbocycles. The Balaban J connectivity index is 2.42. The lowest BCUT2D eigenvalue weighted by molar-refractivity contribution is 0.373. The van der Waals surface area contributed by atoms with Crippen LogP contribution in [0.5, 0.6) is 11.5 Å². The molecule has 0 amide bonds. The largest absolute Gasteiger partial charge is 0.504 e. The molecule has 110 valence electrons. The molecule has 0 aliphatic rings. The van der Waals surface area contributed by atoms with Crippen LogP contribution in [0.2, 0.25) is 0 Å². The molecule has 0 spiro atoms. The molecular formula is C13H14N4O3S. The van der Waals surface area contributed by atoms with E-state index in [1.54, 1.807) is 25.3 Å². The van der Waals surface area contributed by atoms with Crippen LogP contribution in [-0.2, 0) is 0 Å². The molecule has 1 aromatic heterocycles. The van der Waals surface area contributed by atoms with Crippen molar-refractivity contribution in [1.29, 1.82) is 0 Å². The fourth-order valence-corrected chi connectivity index (χ4v) is 2.00. The maximum Gasteiger partial charge on any atom is 0.296 e. The van der Waals surface area contributed by atoms with Crippen molar-refractivity contribution < 1.29 is 9.84 Å². The average Bonchev–Trinajstić information content (AvgIpc) is 2.50. The van der Waals surface area contributed by atoms with Crippen LogP contribution in [0.1, 0.15) is 11.3 Å². The van der Waals surface area contributed by atoms with Crippen molar-refractivity contribution in [1.82, 2.24) is 14.9 Å². The normalized spacial score (nSPS) is 11.0. The number of hydrogen-bond acceptors (Lipinski definition) is 7. The van der Waals surface area contributed by atoms with E-state index < -0.39 is 0 Å². The Morgan fingerprint density at radius 2 is 2.19 bits per heavy atom. The van der Waals surface area contributed by atoms with Crippen LogP contribution < -0.4 is 10.3 Å². The van der Waals surface area contributed by atoms with E-state index >= 15 is 0 Å². The fourth-order valence-electron chi connectivity index (χ4n) is 1.57. The molecule has 7 nitrogen and oxygen atoms in total. The molecule has 0 saturated carbocycles. The van der Waals surface area contributed by atoms with Crippen molar-refractivity contribution in [3.63, 3.8) is 0 Å².